The van der Waals surface area contributed by atoms with E-state index in [1.165, 1.54) is 4.90 Å². The normalized spacial score (nSPS) is 26.7. The first-order valence-corrected chi connectivity index (χ1v) is 11.7. The maximum Gasteiger partial charge on any atom is 0.332 e. The lowest BCUT2D eigenvalue weighted by Crippen LogP contribution is -2.65. The van der Waals surface area contributed by atoms with E-state index < -0.39 is 18.2 Å². The van der Waals surface area contributed by atoms with Gasteiger partial charge in [-0.05, 0) is 51.0 Å². The second-order valence-corrected chi connectivity index (χ2v) is 9.37. The van der Waals surface area contributed by atoms with Gasteiger partial charge in [-0.15, -0.1) is 0 Å². The zero-order valence-corrected chi connectivity index (χ0v) is 19.0. The van der Waals surface area contributed by atoms with Gasteiger partial charge in [0.25, 0.3) is 5.91 Å². The molecule has 2 aliphatic heterocycles. The van der Waals surface area contributed by atoms with Crippen LogP contribution in [0.25, 0.3) is 0 Å². The first-order valence-electron chi connectivity index (χ1n) is 11.7. The molecule has 2 aromatic rings. The third kappa shape index (κ3) is 4.02. The Bertz CT molecular complexity index is 1070. The number of imide groups is 1. The van der Waals surface area contributed by atoms with Gasteiger partial charge in [0.05, 0.1) is 17.8 Å². The van der Waals surface area contributed by atoms with Crippen molar-refractivity contribution < 1.29 is 19.1 Å². The van der Waals surface area contributed by atoms with Crippen molar-refractivity contribution in [3.8, 4) is 0 Å². The summed E-state index contributed by atoms with van der Waals surface area (Å²) in [4.78, 5) is 42.8. The average Bonchev–Trinajstić information content (AvgIpc) is 3.19. The summed E-state index contributed by atoms with van der Waals surface area (Å²) in [5.41, 5.74) is 3.31. The van der Waals surface area contributed by atoms with Crippen molar-refractivity contribution >= 4 is 29.2 Å². The number of hydrogen-bond donors (Lipinski definition) is 1. The number of fused-ring (bicyclic) bond motifs is 3. The molecule has 2 aromatic carbocycles. The second kappa shape index (κ2) is 8.63. The molecular formula is C26H29N3O4. The number of carbonyl (C=O) groups is 3. The van der Waals surface area contributed by atoms with Crippen molar-refractivity contribution in [3.63, 3.8) is 0 Å². The molecule has 0 aromatic heterocycles. The fourth-order valence-corrected chi connectivity index (χ4v) is 5.35. The largest absolute Gasteiger partial charge is 0.363 e. The molecule has 1 aliphatic carbocycles. The summed E-state index contributed by atoms with van der Waals surface area (Å²) < 4.78 is 6.23. The van der Waals surface area contributed by atoms with Gasteiger partial charge in [-0.2, -0.15) is 0 Å². The van der Waals surface area contributed by atoms with E-state index in [4.69, 9.17) is 4.74 Å². The smallest absolute Gasteiger partial charge is 0.332 e. The van der Waals surface area contributed by atoms with Gasteiger partial charge >= 0.3 is 6.03 Å². The first-order chi connectivity index (χ1) is 15.9. The lowest BCUT2D eigenvalue weighted by molar-refractivity contribution is -0.133. The summed E-state index contributed by atoms with van der Waals surface area (Å²) in [5, 5.41) is 2.89. The Morgan fingerprint density at radius 2 is 1.61 bits per heavy atom. The Labute approximate surface area is 193 Å². The Morgan fingerprint density at radius 1 is 0.970 bits per heavy atom. The minimum atomic E-state index is -0.746. The van der Waals surface area contributed by atoms with Crippen molar-refractivity contribution in [2.45, 2.75) is 57.8 Å². The van der Waals surface area contributed by atoms with Crippen LogP contribution in [0.1, 0.15) is 36.8 Å². The van der Waals surface area contributed by atoms with E-state index in [1.807, 2.05) is 50.2 Å². The number of nitrogens with zero attached hydrogens (tertiary/aromatic N) is 2. The highest BCUT2D eigenvalue weighted by Crippen LogP contribution is 2.43. The number of carbonyl (C=O) groups excluding carboxylic acids is 3. The molecule has 2 saturated heterocycles. The highest BCUT2D eigenvalue weighted by Gasteiger charge is 2.58. The third-order valence-corrected chi connectivity index (χ3v) is 7.03. The number of hydrogen-bond acceptors (Lipinski definition) is 4. The molecule has 0 bridgehead atoms. The highest BCUT2D eigenvalue weighted by atomic mass is 16.5. The van der Waals surface area contributed by atoms with Gasteiger partial charge in [-0.25, -0.2) is 9.69 Å². The summed E-state index contributed by atoms with van der Waals surface area (Å²) >= 11 is 0. The number of aryl methyl sites for hydroxylation is 2. The number of benzene rings is 2. The number of nitrogens with one attached hydrogen (secondary N) is 1. The monoisotopic (exact) mass is 447 g/mol. The van der Waals surface area contributed by atoms with Crippen molar-refractivity contribution in [2.24, 2.45) is 5.92 Å². The van der Waals surface area contributed by atoms with Crippen molar-refractivity contribution in [1.82, 2.24) is 4.90 Å². The van der Waals surface area contributed by atoms with Crippen molar-refractivity contribution in [1.29, 1.82) is 0 Å². The van der Waals surface area contributed by atoms with Gasteiger partial charge in [-0.1, -0.05) is 48.2 Å². The molecule has 172 valence electrons. The Balaban J connectivity index is 1.45. The van der Waals surface area contributed by atoms with Crippen LogP contribution >= 0.6 is 0 Å². The SMILES string of the molecule is Cc1ccc(NC(=O)CN2C(=O)N(c3ccc(C)cc3)C(=O)C3OC4CCCCC4C32)cc1. The second-order valence-electron chi connectivity index (χ2n) is 9.37. The van der Waals surface area contributed by atoms with E-state index in [0.717, 1.165) is 36.8 Å². The summed E-state index contributed by atoms with van der Waals surface area (Å²) in [6.45, 7) is 3.80. The molecule has 5 rings (SSSR count). The zero-order chi connectivity index (χ0) is 23.1. The van der Waals surface area contributed by atoms with Gasteiger partial charge < -0.3 is 15.0 Å². The molecule has 2 heterocycles. The standard InChI is InChI=1S/C26H29N3O4/c1-16-7-11-18(12-8-16)27-22(30)15-28-23-20-5-3-4-6-21(20)33-24(23)25(31)29(26(28)32)19-13-9-17(2)10-14-19/h7-14,20-21,23-24H,3-6,15H2,1-2H3,(H,27,30). The molecule has 4 unspecified atom stereocenters. The highest BCUT2D eigenvalue weighted by molar-refractivity contribution is 6.18. The molecule has 3 aliphatic rings. The van der Waals surface area contributed by atoms with Crippen molar-refractivity contribution in [3.05, 3.63) is 59.7 Å². The van der Waals surface area contributed by atoms with Crippen LogP contribution in [-0.4, -0.2) is 47.5 Å². The summed E-state index contributed by atoms with van der Waals surface area (Å²) in [7, 11) is 0. The lowest BCUT2D eigenvalue weighted by Gasteiger charge is -2.42. The van der Waals surface area contributed by atoms with Crippen LogP contribution in [0, 0.1) is 19.8 Å². The Hall–Kier alpha value is -3.19. The van der Waals surface area contributed by atoms with E-state index in [1.54, 1.807) is 17.0 Å². The van der Waals surface area contributed by atoms with Crippen molar-refractivity contribution in [2.75, 3.05) is 16.8 Å². The maximum absolute atomic E-state index is 13.7. The molecule has 4 atom stereocenters. The fraction of sp³-hybridized carbons (Fsp3) is 0.423. The van der Waals surface area contributed by atoms with Crippen LogP contribution in [-0.2, 0) is 14.3 Å². The third-order valence-electron chi connectivity index (χ3n) is 7.03. The first kappa shape index (κ1) is 21.6. The van der Waals surface area contributed by atoms with E-state index in [9.17, 15) is 14.4 Å². The zero-order valence-electron chi connectivity index (χ0n) is 19.0. The molecule has 33 heavy (non-hydrogen) atoms. The quantitative estimate of drug-likeness (QED) is 0.767. The number of urea groups is 1. The molecule has 0 spiro atoms. The minimum absolute atomic E-state index is 0.0499. The van der Waals surface area contributed by atoms with Gasteiger partial charge in [0.15, 0.2) is 6.10 Å². The van der Waals surface area contributed by atoms with Crippen LogP contribution in [0.2, 0.25) is 0 Å². The number of amides is 4. The Kier molecular flexibility index (Phi) is 5.66. The van der Waals surface area contributed by atoms with Gasteiger partial charge in [0, 0.05) is 11.6 Å². The molecule has 7 nitrogen and oxygen atoms in total. The number of ether oxygens (including phenoxy) is 1. The predicted molar refractivity (Wildman–Crippen MR) is 125 cm³/mol. The van der Waals surface area contributed by atoms with E-state index in [0.29, 0.717) is 11.4 Å². The van der Waals surface area contributed by atoms with Gasteiger partial charge in [-0.3, -0.25) is 9.59 Å². The van der Waals surface area contributed by atoms with E-state index in [-0.39, 0.29) is 30.4 Å². The summed E-state index contributed by atoms with van der Waals surface area (Å²) in [5.74, 6) is -0.550. The summed E-state index contributed by atoms with van der Waals surface area (Å²) in [6.07, 6.45) is 3.08. The van der Waals surface area contributed by atoms with Gasteiger partial charge in [0.1, 0.15) is 6.54 Å². The lowest BCUT2D eigenvalue weighted by atomic mass is 9.81. The topological polar surface area (TPSA) is 79.0 Å². The minimum Gasteiger partial charge on any atom is -0.363 e. The van der Waals surface area contributed by atoms with Crippen LogP contribution in [0.15, 0.2) is 48.5 Å². The van der Waals surface area contributed by atoms with Crippen LogP contribution in [0.3, 0.4) is 0 Å². The van der Waals surface area contributed by atoms with Crippen LogP contribution in [0.5, 0.6) is 0 Å². The summed E-state index contributed by atoms with van der Waals surface area (Å²) in [6, 6.07) is 13.9. The van der Waals surface area contributed by atoms with Crippen LogP contribution in [0.4, 0.5) is 16.2 Å². The molecule has 1 saturated carbocycles. The number of rotatable bonds is 4. The average molecular weight is 448 g/mol. The fourth-order valence-electron chi connectivity index (χ4n) is 5.35. The maximum atomic E-state index is 13.7. The molecular weight excluding hydrogens is 418 g/mol. The van der Waals surface area contributed by atoms with E-state index >= 15 is 0 Å². The molecule has 3 fully saturated rings. The molecule has 7 heteroatoms. The molecule has 4 amide bonds. The molecule has 1 N–H and O–H groups in total. The van der Waals surface area contributed by atoms with Gasteiger partial charge in [0.2, 0.25) is 5.91 Å². The van der Waals surface area contributed by atoms with Crippen LogP contribution < -0.4 is 10.2 Å². The molecule has 0 radical (unpaired) electrons. The number of anilines is 2. The van der Waals surface area contributed by atoms with E-state index in [2.05, 4.69) is 5.32 Å². The predicted octanol–water partition coefficient (Wildman–Crippen LogP) is 4.04. The Morgan fingerprint density at radius 3 is 2.30 bits per heavy atom.